The molecule has 0 saturated heterocycles. The Hall–Kier alpha value is -0.670. The first kappa shape index (κ1) is 8.91. The molecule has 1 nitrogen and oxygen atoms in total. The van der Waals surface area contributed by atoms with Crippen LogP contribution in [0.4, 0.5) is 0 Å². The van der Waals surface area contributed by atoms with Crippen LogP contribution in [0.3, 0.4) is 0 Å². The van der Waals surface area contributed by atoms with Crippen LogP contribution in [0.15, 0.2) is 22.4 Å². The van der Waals surface area contributed by atoms with E-state index >= 15 is 0 Å². The molecule has 0 saturated carbocycles. The first-order valence-electron chi connectivity index (χ1n) is 3.97. The Bertz CT molecular complexity index is 445. The van der Waals surface area contributed by atoms with Gasteiger partial charge in [0.2, 0.25) is 0 Å². The van der Waals surface area contributed by atoms with Gasteiger partial charge in [0.25, 0.3) is 0 Å². The molecule has 1 N–H and O–H groups in total. The standard InChI is InChI=1S/C10H10OS2/c1-6-3-7(12-2)4-8-9(11)5-13-10(6)8/h3-5,11H,1-2H3. The fraction of sp³-hybridized carbons (Fsp3) is 0.200. The summed E-state index contributed by atoms with van der Waals surface area (Å²) in [5.74, 6) is 0.402. The molecule has 3 heteroatoms. The summed E-state index contributed by atoms with van der Waals surface area (Å²) in [6.07, 6.45) is 2.05. The van der Waals surface area contributed by atoms with E-state index in [2.05, 4.69) is 13.0 Å². The molecule has 2 aromatic rings. The van der Waals surface area contributed by atoms with Crippen molar-refractivity contribution in [1.82, 2.24) is 0 Å². The van der Waals surface area contributed by atoms with Crippen molar-refractivity contribution in [2.75, 3.05) is 6.26 Å². The summed E-state index contributed by atoms with van der Waals surface area (Å²) in [6.45, 7) is 2.08. The SMILES string of the molecule is CSc1cc(C)c2scc(O)c2c1. The quantitative estimate of drug-likeness (QED) is 0.725. The van der Waals surface area contributed by atoms with E-state index in [1.807, 2.05) is 12.3 Å². The van der Waals surface area contributed by atoms with Crippen molar-refractivity contribution in [1.29, 1.82) is 0 Å². The molecule has 0 radical (unpaired) electrons. The zero-order valence-corrected chi connectivity index (χ0v) is 9.13. The van der Waals surface area contributed by atoms with Gasteiger partial charge < -0.3 is 5.11 Å². The minimum atomic E-state index is 0.402. The lowest BCUT2D eigenvalue weighted by Gasteiger charge is -2.00. The van der Waals surface area contributed by atoms with Gasteiger partial charge in [-0.05, 0) is 30.9 Å². The zero-order chi connectivity index (χ0) is 9.42. The third-order valence-electron chi connectivity index (χ3n) is 2.05. The number of thioether (sulfide) groups is 1. The molecule has 2 rings (SSSR count). The Labute approximate surface area is 85.4 Å². The molecule has 68 valence electrons. The summed E-state index contributed by atoms with van der Waals surface area (Å²) in [5, 5.41) is 12.3. The molecule has 0 bridgehead atoms. The highest BCUT2D eigenvalue weighted by molar-refractivity contribution is 7.98. The molecule has 0 spiro atoms. The molecule has 13 heavy (non-hydrogen) atoms. The second-order valence-electron chi connectivity index (χ2n) is 2.94. The molecule has 0 aliphatic rings. The van der Waals surface area contributed by atoms with Crippen molar-refractivity contribution in [3.63, 3.8) is 0 Å². The van der Waals surface area contributed by atoms with Gasteiger partial charge in [0.1, 0.15) is 5.75 Å². The average Bonchev–Trinajstić information content (AvgIpc) is 2.48. The number of hydrogen-bond donors (Lipinski definition) is 1. The van der Waals surface area contributed by atoms with Crippen LogP contribution < -0.4 is 0 Å². The van der Waals surface area contributed by atoms with E-state index in [9.17, 15) is 5.11 Å². The lowest BCUT2D eigenvalue weighted by Crippen LogP contribution is -1.75. The minimum absolute atomic E-state index is 0.402. The van der Waals surface area contributed by atoms with E-state index in [1.54, 1.807) is 28.5 Å². The number of aryl methyl sites for hydroxylation is 1. The fourth-order valence-electron chi connectivity index (χ4n) is 1.38. The van der Waals surface area contributed by atoms with Crippen LogP contribution >= 0.6 is 23.1 Å². The minimum Gasteiger partial charge on any atom is -0.506 e. The second-order valence-corrected chi connectivity index (χ2v) is 4.70. The number of aromatic hydroxyl groups is 1. The van der Waals surface area contributed by atoms with Crippen molar-refractivity contribution in [2.24, 2.45) is 0 Å². The summed E-state index contributed by atoms with van der Waals surface area (Å²) in [4.78, 5) is 1.21. The van der Waals surface area contributed by atoms with Crippen LogP contribution in [0.25, 0.3) is 10.1 Å². The normalized spacial score (nSPS) is 10.9. The smallest absolute Gasteiger partial charge is 0.134 e. The van der Waals surface area contributed by atoms with Gasteiger partial charge in [0, 0.05) is 20.4 Å². The highest BCUT2D eigenvalue weighted by Gasteiger charge is 2.06. The summed E-state index contributed by atoms with van der Waals surface area (Å²) in [5.41, 5.74) is 1.24. The predicted octanol–water partition coefficient (Wildman–Crippen LogP) is 3.64. The summed E-state index contributed by atoms with van der Waals surface area (Å²) < 4.78 is 1.19. The van der Waals surface area contributed by atoms with Crippen LogP contribution in [-0.2, 0) is 0 Å². The molecule has 0 fully saturated rings. The lowest BCUT2D eigenvalue weighted by molar-refractivity contribution is 0.483. The van der Waals surface area contributed by atoms with E-state index in [4.69, 9.17) is 0 Å². The highest BCUT2D eigenvalue weighted by Crippen LogP contribution is 2.36. The number of thiophene rings is 1. The van der Waals surface area contributed by atoms with Crippen LogP contribution in [-0.4, -0.2) is 11.4 Å². The highest BCUT2D eigenvalue weighted by atomic mass is 32.2. The average molecular weight is 210 g/mol. The van der Waals surface area contributed by atoms with E-state index in [-0.39, 0.29) is 0 Å². The summed E-state index contributed by atoms with van der Waals surface area (Å²) in [7, 11) is 0. The predicted molar refractivity (Wildman–Crippen MR) is 60.0 cm³/mol. The van der Waals surface area contributed by atoms with Gasteiger partial charge in [-0.25, -0.2) is 0 Å². The van der Waals surface area contributed by atoms with Crippen LogP contribution in [0.2, 0.25) is 0 Å². The van der Waals surface area contributed by atoms with Crippen LogP contribution in [0.5, 0.6) is 5.75 Å². The summed E-state index contributed by atoms with van der Waals surface area (Å²) >= 11 is 3.30. The number of fused-ring (bicyclic) bond motifs is 1. The molecule has 0 amide bonds. The van der Waals surface area contributed by atoms with Crippen molar-refractivity contribution in [3.05, 3.63) is 23.1 Å². The molecule has 0 aliphatic heterocycles. The van der Waals surface area contributed by atoms with Gasteiger partial charge in [-0.1, -0.05) is 0 Å². The van der Waals surface area contributed by atoms with Crippen molar-refractivity contribution >= 4 is 33.2 Å². The Balaban J connectivity index is 2.80. The van der Waals surface area contributed by atoms with Crippen molar-refractivity contribution in [3.8, 4) is 5.75 Å². The van der Waals surface area contributed by atoms with Gasteiger partial charge in [0.05, 0.1) is 0 Å². The van der Waals surface area contributed by atoms with Gasteiger partial charge >= 0.3 is 0 Å². The fourth-order valence-corrected chi connectivity index (χ4v) is 2.81. The molecular formula is C10H10OS2. The van der Waals surface area contributed by atoms with Crippen LogP contribution in [0, 0.1) is 6.92 Å². The van der Waals surface area contributed by atoms with E-state index < -0.39 is 0 Å². The van der Waals surface area contributed by atoms with E-state index in [0.29, 0.717) is 5.75 Å². The first-order valence-corrected chi connectivity index (χ1v) is 6.07. The zero-order valence-electron chi connectivity index (χ0n) is 7.50. The first-order chi connectivity index (χ1) is 6.22. The van der Waals surface area contributed by atoms with Crippen LogP contribution in [0.1, 0.15) is 5.56 Å². The van der Waals surface area contributed by atoms with Gasteiger partial charge in [0.15, 0.2) is 0 Å². The van der Waals surface area contributed by atoms with Gasteiger partial charge in [-0.2, -0.15) is 0 Å². The Morgan fingerprint density at radius 1 is 1.38 bits per heavy atom. The largest absolute Gasteiger partial charge is 0.506 e. The Morgan fingerprint density at radius 2 is 2.15 bits per heavy atom. The maximum atomic E-state index is 9.56. The third kappa shape index (κ3) is 1.42. The molecular weight excluding hydrogens is 200 g/mol. The molecule has 1 heterocycles. The number of hydrogen-bond acceptors (Lipinski definition) is 3. The topological polar surface area (TPSA) is 20.2 Å². The molecule has 0 unspecified atom stereocenters. The number of rotatable bonds is 1. The molecule has 1 aromatic carbocycles. The Morgan fingerprint density at radius 3 is 2.85 bits per heavy atom. The van der Waals surface area contributed by atoms with E-state index in [1.165, 1.54) is 15.2 Å². The molecule has 0 aliphatic carbocycles. The third-order valence-corrected chi connectivity index (χ3v) is 3.87. The maximum Gasteiger partial charge on any atom is 0.134 e. The van der Waals surface area contributed by atoms with Crippen molar-refractivity contribution in [2.45, 2.75) is 11.8 Å². The number of benzene rings is 1. The molecule has 1 aromatic heterocycles. The van der Waals surface area contributed by atoms with Crippen molar-refractivity contribution < 1.29 is 5.11 Å². The lowest BCUT2D eigenvalue weighted by atomic mass is 10.2. The van der Waals surface area contributed by atoms with Gasteiger partial charge in [-0.15, -0.1) is 23.1 Å². The molecule has 0 atom stereocenters. The Kier molecular flexibility index (Phi) is 2.22. The summed E-state index contributed by atoms with van der Waals surface area (Å²) in [6, 6.07) is 4.20. The van der Waals surface area contributed by atoms with E-state index in [0.717, 1.165) is 5.39 Å². The monoisotopic (exact) mass is 210 g/mol. The van der Waals surface area contributed by atoms with Gasteiger partial charge in [-0.3, -0.25) is 0 Å². The maximum absolute atomic E-state index is 9.56. The second kappa shape index (κ2) is 3.24.